The summed E-state index contributed by atoms with van der Waals surface area (Å²) in [4.78, 5) is 3.56. The molecule has 0 radical (unpaired) electrons. The van der Waals surface area contributed by atoms with Gasteiger partial charge in [-0.1, -0.05) is 41.9 Å². The SMILES string of the molecule is N#CC(C#N)=C(N=C(Nc1ccc(Cl)cc1)c1ccccc1)C(F)(F)F. The summed E-state index contributed by atoms with van der Waals surface area (Å²) in [5.41, 5.74) is -1.90. The normalized spacial score (nSPS) is 11.2. The molecule has 0 aliphatic carbocycles. The summed E-state index contributed by atoms with van der Waals surface area (Å²) in [6.07, 6.45) is -4.97. The number of aliphatic imine (C=N–C) groups is 1. The van der Waals surface area contributed by atoms with Gasteiger partial charge in [-0.15, -0.1) is 0 Å². The number of hydrogen-bond donors (Lipinski definition) is 1. The number of rotatable bonds is 3. The summed E-state index contributed by atoms with van der Waals surface area (Å²) < 4.78 is 39.9. The number of amidine groups is 1. The van der Waals surface area contributed by atoms with E-state index in [4.69, 9.17) is 22.1 Å². The quantitative estimate of drug-likeness (QED) is 0.463. The van der Waals surface area contributed by atoms with Gasteiger partial charge in [-0.3, -0.25) is 0 Å². The third-order valence-corrected chi connectivity index (χ3v) is 3.36. The van der Waals surface area contributed by atoms with Gasteiger partial charge in [0.2, 0.25) is 0 Å². The van der Waals surface area contributed by atoms with Crippen LogP contribution in [0.3, 0.4) is 0 Å². The van der Waals surface area contributed by atoms with Crippen molar-refractivity contribution in [2.75, 3.05) is 5.32 Å². The van der Waals surface area contributed by atoms with Crippen molar-refractivity contribution in [3.05, 3.63) is 76.5 Å². The second-order valence-electron chi connectivity index (χ2n) is 4.90. The minimum atomic E-state index is -4.97. The van der Waals surface area contributed by atoms with E-state index in [0.717, 1.165) is 0 Å². The molecule has 0 unspecified atom stereocenters. The Hall–Kier alpha value is -3.29. The lowest BCUT2D eigenvalue weighted by atomic mass is 10.2. The van der Waals surface area contributed by atoms with Crippen molar-refractivity contribution in [1.29, 1.82) is 10.5 Å². The highest BCUT2D eigenvalue weighted by Crippen LogP contribution is 2.30. The van der Waals surface area contributed by atoms with Gasteiger partial charge < -0.3 is 5.32 Å². The maximum atomic E-state index is 13.3. The molecule has 2 aromatic carbocycles. The third kappa shape index (κ3) is 4.85. The van der Waals surface area contributed by atoms with Gasteiger partial charge in [0.05, 0.1) is 0 Å². The summed E-state index contributed by atoms with van der Waals surface area (Å²) in [5.74, 6) is -0.164. The molecule has 4 nitrogen and oxygen atoms in total. The predicted molar refractivity (Wildman–Crippen MR) is 92.4 cm³/mol. The smallest absolute Gasteiger partial charge is 0.340 e. The second-order valence-corrected chi connectivity index (χ2v) is 5.34. The molecule has 26 heavy (non-hydrogen) atoms. The van der Waals surface area contributed by atoms with Crippen LogP contribution in [0.2, 0.25) is 5.02 Å². The van der Waals surface area contributed by atoms with Gasteiger partial charge in [-0.2, -0.15) is 23.7 Å². The van der Waals surface area contributed by atoms with Crippen molar-refractivity contribution in [2.45, 2.75) is 6.18 Å². The molecular weight excluding hydrogens is 365 g/mol. The van der Waals surface area contributed by atoms with Crippen LogP contribution in [0.1, 0.15) is 5.56 Å². The standard InChI is InChI=1S/C18H10ClF3N4/c19-14-6-8-15(9-7-14)25-17(12-4-2-1-3-5-12)26-16(18(20,21)22)13(10-23)11-24/h1-9H,(H,25,26). The number of hydrogen-bond acceptors (Lipinski definition) is 3. The van der Waals surface area contributed by atoms with Gasteiger partial charge >= 0.3 is 6.18 Å². The first-order chi connectivity index (χ1) is 12.3. The number of allylic oxidation sites excluding steroid dienone is 2. The van der Waals surface area contributed by atoms with Crippen molar-refractivity contribution in [2.24, 2.45) is 4.99 Å². The fourth-order valence-electron chi connectivity index (χ4n) is 1.93. The van der Waals surface area contributed by atoms with E-state index < -0.39 is 17.4 Å². The zero-order chi connectivity index (χ0) is 19.2. The number of nitrogens with one attached hydrogen (secondary N) is 1. The van der Waals surface area contributed by atoms with Gasteiger partial charge in [0, 0.05) is 16.3 Å². The van der Waals surface area contributed by atoms with Gasteiger partial charge in [0.25, 0.3) is 0 Å². The fourth-order valence-corrected chi connectivity index (χ4v) is 2.06. The molecule has 0 aromatic heterocycles. The van der Waals surface area contributed by atoms with Crippen LogP contribution >= 0.6 is 11.6 Å². The Morgan fingerprint density at radius 3 is 2.04 bits per heavy atom. The summed E-state index contributed by atoms with van der Waals surface area (Å²) in [6.45, 7) is 0. The number of alkyl halides is 3. The first kappa shape index (κ1) is 19.0. The molecule has 2 aromatic rings. The highest BCUT2D eigenvalue weighted by Gasteiger charge is 2.37. The van der Waals surface area contributed by atoms with E-state index in [-0.39, 0.29) is 5.84 Å². The Bertz CT molecular complexity index is 902. The minimum Gasteiger partial charge on any atom is -0.340 e. The van der Waals surface area contributed by atoms with Crippen molar-refractivity contribution >= 4 is 23.1 Å². The molecule has 0 fully saturated rings. The molecule has 0 atom stereocenters. The van der Waals surface area contributed by atoms with E-state index in [9.17, 15) is 13.2 Å². The summed E-state index contributed by atoms with van der Waals surface area (Å²) in [6, 6.07) is 16.8. The first-order valence-corrected chi connectivity index (χ1v) is 7.51. The zero-order valence-corrected chi connectivity index (χ0v) is 13.8. The van der Waals surface area contributed by atoms with Crippen LogP contribution in [-0.2, 0) is 0 Å². The molecule has 0 saturated heterocycles. The van der Waals surface area contributed by atoms with Gasteiger partial charge in [-0.05, 0) is 24.3 Å². The van der Waals surface area contributed by atoms with Gasteiger partial charge in [0.1, 0.15) is 18.0 Å². The molecule has 8 heteroatoms. The number of benzene rings is 2. The van der Waals surface area contributed by atoms with Crippen LogP contribution in [-0.4, -0.2) is 12.0 Å². The molecule has 130 valence electrons. The van der Waals surface area contributed by atoms with Crippen LogP contribution in [0.4, 0.5) is 18.9 Å². The van der Waals surface area contributed by atoms with E-state index in [1.807, 2.05) is 0 Å². The van der Waals surface area contributed by atoms with E-state index >= 15 is 0 Å². The average molecular weight is 375 g/mol. The van der Waals surface area contributed by atoms with E-state index in [1.165, 1.54) is 12.1 Å². The van der Waals surface area contributed by atoms with E-state index in [1.54, 1.807) is 54.6 Å². The Morgan fingerprint density at radius 1 is 0.962 bits per heavy atom. The van der Waals surface area contributed by atoms with Crippen LogP contribution in [0.25, 0.3) is 0 Å². The molecule has 0 aliphatic rings. The van der Waals surface area contributed by atoms with Crippen molar-refractivity contribution in [3.63, 3.8) is 0 Å². The topological polar surface area (TPSA) is 72.0 Å². The molecule has 0 aliphatic heterocycles. The van der Waals surface area contributed by atoms with Crippen LogP contribution in [0.5, 0.6) is 0 Å². The number of nitrogens with zero attached hydrogens (tertiary/aromatic N) is 3. The molecule has 0 spiro atoms. The largest absolute Gasteiger partial charge is 0.435 e. The summed E-state index contributed by atoms with van der Waals surface area (Å²) in [7, 11) is 0. The van der Waals surface area contributed by atoms with Crippen LogP contribution in [0, 0.1) is 22.7 Å². The highest BCUT2D eigenvalue weighted by molar-refractivity contribution is 6.30. The van der Waals surface area contributed by atoms with Crippen LogP contribution < -0.4 is 5.32 Å². The number of halogens is 4. The molecule has 2 rings (SSSR count). The number of nitriles is 2. The second kappa shape index (κ2) is 8.19. The lowest BCUT2D eigenvalue weighted by Gasteiger charge is -2.13. The summed E-state index contributed by atoms with van der Waals surface area (Å²) in [5, 5.41) is 20.9. The highest BCUT2D eigenvalue weighted by atomic mass is 35.5. The molecule has 0 heterocycles. The Labute approximate surface area is 152 Å². The van der Waals surface area contributed by atoms with Crippen LogP contribution in [0.15, 0.2) is 70.9 Å². The molecule has 0 amide bonds. The van der Waals surface area contributed by atoms with E-state index in [2.05, 4.69) is 10.3 Å². The number of anilines is 1. The molecule has 0 bridgehead atoms. The molecule has 0 saturated carbocycles. The molecular formula is C18H10ClF3N4. The fraction of sp³-hybridized carbons (Fsp3) is 0.0556. The lowest BCUT2D eigenvalue weighted by molar-refractivity contribution is -0.0926. The lowest BCUT2D eigenvalue weighted by Crippen LogP contribution is -2.19. The monoisotopic (exact) mass is 374 g/mol. The first-order valence-electron chi connectivity index (χ1n) is 7.13. The average Bonchev–Trinajstić information content (AvgIpc) is 2.62. The van der Waals surface area contributed by atoms with Gasteiger partial charge in [-0.25, -0.2) is 4.99 Å². The maximum absolute atomic E-state index is 13.3. The Morgan fingerprint density at radius 2 is 1.54 bits per heavy atom. The molecule has 1 N–H and O–H groups in total. The Balaban J connectivity index is 2.61. The van der Waals surface area contributed by atoms with Crippen molar-refractivity contribution in [3.8, 4) is 12.1 Å². The summed E-state index contributed by atoms with van der Waals surface area (Å²) >= 11 is 5.80. The predicted octanol–water partition coefficient (Wildman–Crippen LogP) is 5.06. The van der Waals surface area contributed by atoms with Gasteiger partial charge in [0.15, 0.2) is 11.3 Å². The maximum Gasteiger partial charge on any atom is 0.435 e. The third-order valence-electron chi connectivity index (χ3n) is 3.11. The van der Waals surface area contributed by atoms with Crippen molar-refractivity contribution in [1.82, 2.24) is 0 Å². The Kier molecular flexibility index (Phi) is 6.00. The van der Waals surface area contributed by atoms with Crippen molar-refractivity contribution < 1.29 is 13.2 Å². The zero-order valence-electron chi connectivity index (χ0n) is 13.0. The van der Waals surface area contributed by atoms with E-state index in [0.29, 0.717) is 16.3 Å². The minimum absolute atomic E-state index is 0.164.